The molecule has 3 saturated carbocycles. The van der Waals surface area contributed by atoms with E-state index < -0.39 is 68.6 Å². The van der Waals surface area contributed by atoms with Crippen LogP contribution in [0.1, 0.15) is 97.0 Å². The zero-order valence-electron chi connectivity index (χ0n) is 31.7. The highest BCUT2D eigenvalue weighted by molar-refractivity contribution is 6.99. The number of ether oxygens (including phenoxy) is 5. The number of hydrogen-bond donors (Lipinski definition) is 0. The van der Waals surface area contributed by atoms with Gasteiger partial charge in [0.25, 0.3) is 8.32 Å². The van der Waals surface area contributed by atoms with Gasteiger partial charge in [-0.2, -0.15) is 0 Å². The van der Waals surface area contributed by atoms with Crippen LogP contribution in [0.25, 0.3) is 0 Å². The quantitative estimate of drug-likeness (QED) is 0.190. The Kier molecular flexibility index (Phi) is 9.59. The third kappa shape index (κ3) is 6.36. The van der Waals surface area contributed by atoms with Crippen LogP contribution in [0.15, 0.2) is 96.2 Å². The second-order valence-corrected chi connectivity index (χ2v) is 21.4. The van der Waals surface area contributed by atoms with Crippen molar-refractivity contribution in [3.05, 3.63) is 96.6 Å². The van der Waals surface area contributed by atoms with Crippen molar-refractivity contribution in [2.24, 2.45) is 5.16 Å². The maximum Gasteiger partial charge on any atom is 0.351 e. The Bertz CT molecular complexity index is 1760. The molecule has 3 aliphatic heterocycles. The molecular formula is C44H53NO8Si. The Morgan fingerprint density at radius 3 is 1.61 bits per heavy atom. The number of fused-ring (bicyclic) bond motifs is 3. The summed E-state index contributed by atoms with van der Waals surface area (Å²) in [6, 6.07) is 31.0. The van der Waals surface area contributed by atoms with Crippen LogP contribution < -0.4 is 10.4 Å². The van der Waals surface area contributed by atoms with Crippen LogP contribution in [0, 0.1) is 0 Å². The zero-order valence-corrected chi connectivity index (χ0v) is 32.7. The van der Waals surface area contributed by atoms with Crippen molar-refractivity contribution < 1.29 is 37.7 Å². The van der Waals surface area contributed by atoms with Gasteiger partial charge in [0.2, 0.25) is 6.10 Å². The normalized spacial score (nSPS) is 31.4. The largest absolute Gasteiger partial charge is 0.454 e. The highest BCUT2D eigenvalue weighted by Gasteiger charge is 2.69. The lowest BCUT2D eigenvalue weighted by Gasteiger charge is -2.50. The van der Waals surface area contributed by atoms with E-state index in [0.717, 1.165) is 80.1 Å². The molecule has 54 heavy (non-hydrogen) atoms. The molecule has 3 aliphatic carbocycles. The molecule has 3 aromatic carbocycles. The zero-order chi connectivity index (χ0) is 37.0. The number of benzene rings is 3. The Morgan fingerprint density at radius 1 is 0.648 bits per heavy atom. The third-order valence-corrected chi connectivity index (χ3v) is 17.6. The molecule has 3 heterocycles. The van der Waals surface area contributed by atoms with E-state index in [1.807, 2.05) is 42.5 Å². The van der Waals surface area contributed by atoms with E-state index in [2.05, 4.69) is 74.5 Å². The van der Waals surface area contributed by atoms with Gasteiger partial charge in [-0.05, 0) is 46.7 Å². The summed E-state index contributed by atoms with van der Waals surface area (Å²) in [6.45, 7) is 6.79. The molecule has 10 heteroatoms. The van der Waals surface area contributed by atoms with Crippen molar-refractivity contribution >= 4 is 30.4 Å². The van der Waals surface area contributed by atoms with Crippen LogP contribution in [0.5, 0.6) is 0 Å². The summed E-state index contributed by atoms with van der Waals surface area (Å²) in [5.41, 5.74) is 1.63. The molecule has 7 atom stereocenters. The minimum atomic E-state index is -3.21. The van der Waals surface area contributed by atoms with E-state index in [1.54, 1.807) is 0 Å². The molecule has 5 fully saturated rings. The molecule has 2 saturated heterocycles. The molecule has 0 bridgehead atoms. The summed E-state index contributed by atoms with van der Waals surface area (Å²) >= 11 is 0. The lowest BCUT2D eigenvalue weighted by atomic mass is 9.85. The van der Waals surface area contributed by atoms with Gasteiger partial charge in [-0.1, -0.05) is 130 Å². The number of nitrogens with zero attached hydrogens (tertiary/aromatic N) is 1. The number of carbonyl (C=O) groups is 1. The Morgan fingerprint density at radius 2 is 1.11 bits per heavy atom. The number of rotatable bonds is 7. The summed E-state index contributed by atoms with van der Waals surface area (Å²) < 4.78 is 43.2. The van der Waals surface area contributed by atoms with E-state index in [1.165, 1.54) is 0 Å². The lowest BCUT2D eigenvalue weighted by Crippen LogP contribution is -2.73. The molecule has 0 radical (unpaired) electrons. The van der Waals surface area contributed by atoms with Crippen molar-refractivity contribution in [1.29, 1.82) is 0 Å². The van der Waals surface area contributed by atoms with Gasteiger partial charge in [-0.25, -0.2) is 4.79 Å². The molecule has 286 valence electrons. The van der Waals surface area contributed by atoms with E-state index in [9.17, 15) is 4.79 Å². The van der Waals surface area contributed by atoms with E-state index in [-0.39, 0.29) is 5.04 Å². The fourth-order valence-corrected chi connectivity index (χ4v) is 14.7. The maximum atomic E-state index is 14.4. The molecule has 3 aromatic rings. The van der Waals surface area contributed by atoms with Gasteiger partial charge in [0.1, 0.15) is 30.5 Å². The Labute approximate surface area is 319 Å². The smallest absolute Gasteiger partial charge is 0.351 e. The van der Waals surface area contributed by atoms with Gasteiger partial charge >= 0.3 is 5.97 Å². The molecule has 0 aromatic heterocycles. The van der Waals surface area contributed by atoms with Crippen molar-refractivity contribution in [1.82, 2.24) is 0 Å². The van der Waals surface area contributed by atoms with Gasteiger partial charge in [0.15, 0.2) is 17.7 Å². The first-order chi connectivity index (χ1) is 26.2. The monoisotopic (exact) mass is 751 g/mol. The van der Waals surface area contributed by atoms with Crippen molar-refractivity contribution in [3.63, 3.8) is 0 Å². The minimum Gasteiger partial charge on any atom is -0.454 e. The molecular weight excluding hydrogens is 699 g/mol. The molecule has 9 nitrogen and oxygen atoms in total. The van der Waals surface area contributed by atoms with Crippen LogP contribution in [-0.4, -0.2) is 74.3 Å². The standard InChI is InChI=1S/C44H53NO8Si/c1-42(2,3)54(31-21-11-5-12-22-31,32-23-13-6-14-24-32)53-40-35(47-41(46)34-29-33(45-52-34)30-19-9-4-10-20-30)36-37(49-43(48-36)25-15-7-16-26-43)38-39(40)51-44(50-38)27-17-8-18-28-44/h4-6,9-14,19-24,34-40H,7-8,15-18,25-29H2,1-3H3/t34-,35-,36-,37-,38+,39+,40+/m0/s1. The van der Waals surface area contributed by atoms with Crippen LogP contribution in [0.3, 0.4) is 0 Å². The summed E-state index contributed by atoms with van der Waals surface area (Å²) in [7, 11) is -3.21. The topological polar surface area (TPSA) is 94.0 Å². The van der Waals surface area contributed by atoms with Crippen LogP contribution in [0.2, 0.25) is 5.04 Å². The first-order valence-corrected chi connectivity index (χ1v) is 22.1. The SMILES string of the molecule is CC(C)(C)[Si](O[C@@H]1[C@@H](OC(=O)[C@@H]2CC(c3ccccc3)=NO2)[C@@H]2OC3(CCCCC3)O[C@@H]2[C@H]2OC3(CCCCC3)O[C@H]21)(c1ccccc1)c1ccccc1. The van der Waals surface area contributed by atoms with E-state index in [4.69, 9.17) is 32.9 Å². The van der Waals surface area contributed by atoms with Gasteiger partial charge < -0.3 is 32.9 Å². The van der Waals surface area contributed by atoms with E-state index >= 15 is 0 Å². The molecule has 6 aliphatic rings. The first-order valence-electron chi connectivity index (χ1n) is 20.2. The number of oxime groups is 1. The fraction of sp³-hybridized carbons (Fsp3) is 0.545. The predicted octanol–water partition coefficient (Wildman–Crippen LogP) is 6.94. The van der Waals surface area contributed by atoms with Crippen molar-refractivity contribution in [2.75, 3.05) is 0 Å². The first kappa shape index (κ1) is 36.3. The lowest BCUT2D eigenvalue weighted by molar-refractivity contribution is -0.226. The Hall–Kier alpha value is -3.38. The van der Waals surface area contributed by atoms with Crippen LogP contribution in [-0.2, 0) is 37.7 Å². The van der Waals surface area contributed by atoms with E-state index in [0.29, 0.717) is 12.1 Å². The average Bonchev–Trinajstić information content (AvgIpc) is 3.93. The number of esters is 1. The van der Waals surface area contributed by atoms with Gasteiger partial charge in [0, 0.05) is 32.1 Å². The maximum absolute atomic E-state index is 14.4. The second-order valence-electron chi connectivity index (χ2n) is 17.1. The molecule has 0 unspecified atom stereocenters. The second kappa shape index (κ2) is 14.3. The minimum absolute atomic E-state index is 0.306. The van der Waals surface area contributed by atoms with Gasteiger partial charge in [0.05, 0.1) is 5.71 Å². The molecule has 9 rings (SSSR count). The highest BCUT2D eigenvalue weighted by atomic mass is 28.4. The van der Waals surface area contributed by atoms with Gasteiger partial charge in [-0.3, -0.25) is 0 Å². The van der Waals surface area contributed by atoms with Crippen LogP contribution in [0.4, 0.5) is 0 Å². The van der Waals surface area contributed by atoms with Crippen LogP contribution >= 0.6 is 0 Å². The average molecular weight is 752 g/mol. The summed E-state index contributed by atoms with van der Waals surface area (Å²) in [5.74, 6) is -2.01. The third-order valence-electron chi connectivity index (χ3n) is 12.6. The number of carbonyl (C=O) groups excluding carboxylic acids is 1. The Balaban J connectivity index is 1.15. The van der Waals surface area contributed by atoms with Gasteiger partial charge in [-0.15, -0.1) is 0 Å². The summed E-state index contributed by atoms with van der Waals surface area (Å²) in [5, 5.41) is 6.24. The predicted molar refractivity (Wildman–Crippen MR) is 206 cm³/mol. The number of hydrogen-bond acceptors (Lipinski definition) is 9. The van der Waals surface area contributed by atoms with Crippen molar-refractivity contribution in [2.45, 2.75) is 151 Å². The molecule has 0 N–H and O–H groups in total. The summed E-state index contributed by atoms with van der Waals surface area (Å²) in [6.07, 6.45) is 5.19. The highest BCUT2D eigenvalue weighted by Crippen LogP contribution is 2.53. The summed E-state index contributed by atoms with van der Waals surface area (Å²) in [4.78, 5) is 20.3. The molecule has 2 spiro atoms. The fourth-order valence-electron chi connectivity index (χ4n) is 10.0. The molecule has 0 amide bonds. The van der Waals surface area contributed by atoms with Crippen molar-refractivity contribution in [3.8, 4) is 0 Å².